The van der Waals surface area contributed by atoms with Crippen LogP contribution in [0.5, 0.6) is 0 Å². The van der Waals surface area contributed by atoms with Crippen LogP contribution in [-0.2, 0) is 0 Å². The minimum absolute atomic E-state index is 0.691. The van der Waals surface area contributed by atoms with Crippen molar-refractivity contribution in [1.82, 2.24) is 15.1 Å². The van der Waals surface area contributed by atoms with Crippen LogP contribution in [-0.4, -0.2) is 61.6 Å². The molecule has 19 heavy (non-hydrogen) atoms. The molecule has 1 atom stereocenters. The van der Waals surface area contributed by atoms with Crippen molar-refractivity contribution in [2.75, 3.05) is 39.8 Å². The molecule has 1 unspecified atom stereocenters. The van der Waals surface area contributed by atoms with Gasteiger partial charge in [-0.25, -0.2) is 0 Å². The predicted molar refractivity (Wildman–Crippen MR) is 79.5 cm³/mol. The molecular formula is C15H28N4. The fourth-order valence-electron chi connectivity index (χ4n) is 3.54. The van der Waals surface area contributed by atoms with E-state index in [9.17, 15) is 0 Å². The predicted octanol–water partition coefficient (Wildman–Crippen LogP) is 1.53. The average molecular weight is 264 g/mol. The van der Waals surface area contributed by atoms with Gasteiger partial charge in [0.1, 0.15) is 0 Å². The number of guanidine groups is 1. The van der Waals surface area contributed by atoms with E-state index in [1.54, 1.807) is 0 Å². The second kappa shape index (κ2) is 6.12. The second-order valence-corrected chi connectivity index (χ2v) is 6.43. The van der Waals surface area contributed by atoms with E-state index in [1.165, 1.54) is 71.2 Å². The summed E-state index contributed by atoms with van der Waals surface area (Å²) >= 11 is 0. The Morgan fingerprint density at radius 2 is 1.89 bits per heavy atom. The molecule has 1 aliphatic carbocycles. The first-order chi connectivity index (χ1) is 9.35. The topological polar surface area (TPSA) is 30.9 Å². The van der Waals surface area contributed by atoms with Crippen molar-refractivity contribution >= 4 is 5.96 Å². The first kappa shape index (κ1) is 13.2. The third kappa shape index (κ3) is 3.22. The minimum Gasteiger partial charge on any atom is -0.354 e. The maximum Gasteiger partial charge on any atom is 0.193 e. The molecule has 3 aliphatic rings. The normalized spacial score (nSPS) is 29.8. The van der Waals surface area contributed by atoms with Crippen molar-refractivity contribution in [3.63, 3.8) is 0 Å². The molecule has 2 heterocycles. The molecule has 0 aromatic carbocycles. The fraction of sp³-hybridized carbons (Fsp3) is 0.933. The van der Waals surface area contributed by atoms with Crippen LogP contribution in [0.1, 0.15) is 38.5 Å². The monoisotopic (exact) mass is 264 g/mol. The summed E-state index contributed by atoms with van der Waals surface area (Å²) in [5, 5.41) is 3.62. The van der Waals surface area contributed by atoms with Crippen LogP contribution in [0.15, 0.2) is 4.99 Å². The van der Waals surface area contributed by atoms with Crippen LogP contribution < -0.4 is 5.32 Å². The zero-order valence-corrected chi connectivity index (χ0v) is 12.3. The van der Waals surface area contributed by atoms with E-state index in [4.69, 9.17) is 0 Å². The lowest BCUT2D eigenvalue weighted by Gasteiger charge is -2.31. The number of nitrogens with zero attached hydrogens (tertiary/aromatic N) is 3. The quantitative estimate of drug-likeness (QED) is 0.619. The van der Waals surface area contributed by atoms with Gasteiger partial charge < -0.3 is 15.1 Å². The third-order valence-electron chi connectivity index (χ3n) is 4.95. The number of rotatable bonds is 3. The number of likely N-dealkylation sites (tertiary alicyclic amines) is 2. The zero-order valence-electron chi connectivity index (χ0n) is 12.3. The van der Waals surface area contributed by atoms with Crippen LogP contribution in [0.2, 0.25) is 0 Å². The lowest BCUT2D eigenvalue weighted by Crippen LogP contribution is -2.47. The molecule has 0 bridgehead atoms. The molecule has 1 saturated carbocycles. The summed E-state index contributed by atoms with van der Waals surface area (Å²) in [6.45, 7) is 6.34. The van der Waals surface area contributed by atoms with Crippen molar-refractivity contribution in [1.29, 1.82) is 0 Å². The summed E-state index contributed by atoms with van der Waals surface area (Å²) in [7, 11) is 1.93. The van der Waals surface area contributed by atoms with E-state index in [1.807, 2.05) is 7.05 Å². The molecular weight excluding hydrogens is 236 g/mol. The molecule has 3 rings (SSSR count). The van der Waals surface area contributed by atoms with Gasteiger partial charge >= 0.3 is 0 Å². The van der Waals surface area contributed by atoms with Gasteiger partial charge in [0.15, 0.2) is 5.96 Å². The van der Waals surface area contributed by atoms with E-state index in [2.05, 4.69) is 20.1 Å². The number of aliphatic imine (C=N–C) groups is 1. The molecule has 0 amide bonds. The van der Waals surface area contributed by atoms with E-state index in [0.717, 1.165) is 11.9 Å². The van der Waals surface area contributed by atoms with Crippen molar-refractivity contribution in [3.8, 4) is 0 Å². The first-order valence-electron chi connectivity index (χ1n) is 8.06. The van der Waals surface area contributed by atoms with Crippen LogP contribution >= 0.6 is 0 Å². The van der Waals surface area contributed by atoms with Gasteiger partial charge in [-0.15, -0.1) is 0 Å². The molecule has 2 saturated heterocycles. The highest BCUT2D eigenvalue weighted by Crippen LogP contribution is 2.22. The molecule has 0 radical (unpaired) electrons. The van der Waals surface area contributed by atoms with Gasteiger partial charge in [-0.1, -0.05) is 0 Å². The van der Waals surface area contributed by atoms with Gasteiger partial charge in [0.05, 0.1) is 0 Å². The van der Waals surface area contributed by atoms with Gasteiger partial charge in [-0.2, -0.15) is 0 Å². The number of hydrogen-bond acceptors (Lipinski definition) is 2. The van der Waals surface area contributed by atoms with Gasteiger partial charge in [-0.3, -0.25) is 4.99 Å². The molecule has 108 valence electrons. The van der Waals surface area contributed by atoms with E-state index in [0.29, 0.717) is 6.04 Å². The fourth-order valence-corrected chi connectivity index (χ4v) is 3.54. The van der Waals surface area contributed by atoms with Crippen molar-refractivity contribution in [2.24, 2.45) is 10.9 Å². The lowest BCUT2D eigenvalue weighted by molar-refractivity contribution is 0.280. The Morgan fingerprint density at radius 3 is 2.53 bits per heavy atom. The van der Waals surface area contributed by atoms with Crippen LogP contribution in [0.25, 0.3) is 0 Å². The zero-order chi connectivity index (χ0) is 13.1. The Labute approximate surface area is 117 Å². The summed E-state index contributed by atoms with van der Waals surface area (Å²) in [6.07, 6.45) is 8.17. The largest absolute Gasteiger partial charge is 0.354 e. The highest BCUT2D eigenvalue weighted by Gasteiger charge is 2.29. The Kier molecular flexibility index (Phi) is 4.26. The van der Waals surface area contributed by atoms with Gasteiger partial charge in [-0.05, 0) is 57.5 Å². The summed E-state index contributed by atoms with van der Waals surface area (Å²) < 4.78 is 0. The molecule has 0 aromatic heterocycles. The van der Waals surface area contributed by atoms with E-state index < -0.39 is 0 Å². The molecule has 3 fully saturated rings. The standard InChI is InChI=1S/C15H28N4/c1-16-15(17-14-5-4-6-14)19-10-7-13(12-19)11-18-8-2-3-9-18/h13-14H,2-12H2,1H3,(H,16,17). The maximum absolute atomic E-state index is 4.48. The van der Waals surface area contributed by atoms with Crippen LogP contribution in [0.3, 0.4) is 0 Å². The third-order valence-corrected chi connectivity index (χ3v) is 4.95. The van der Waals surface area contributed by atoms with E-state index in [-0.39, 0.29) is 0 Å². The highest BCUT2D eigenvalue weighted by atomic mass is 15.3. The molecule has 2 aliphatic heterocycles. The van der Waals surface area contributed by atoms with Crippen LogP contribution in [0.4, 0.5) is 0 Å². The summed E-state index contributed by atoms with van der Waals surface area (Å²) in [5.41, 5.74) is 0. The summed E-state index contributed by atoms with van der Waals surface area (Å²) in [4.78, 5) is 9.60. The SMILES string of the molecule is CN=C(NC1CCC1)N1CCC(CN2CCCC2)C1. The van der Waals surface area contributed by atoms with Crippen molar-refractivity contribution in [3.05, 3.63) is 0 Å². The summed E-state index contributed by atoms with van der Waals surface area (Å²) in [5.74, 6) is 1.99. The second-order valence-electron chi connectivity index (χ2n) is 6.43. The lowest BCUT2D eigenvalue weighted by atomic mass is 9.93. The highest BCUT2D eigenvalue weighted by molar-refractivity contribution is 5.80. The molecule has 4 heteroatoms. The number of hydrogen-bond donors (Lipinski definition) is 1. The van der Waals surface area contributed by atoms with Crippen molar-refractivity contribution < 1.29 is 0 Å². The molecule has 4 nitrogen and oxygen atoms in total. The minimum atomic E-state index is 0.691. The van der Waals surface area contributed by atoms with Crippen LogP contribution in [0, 0.1) is 5.92 Å². The van der Waals surface area contributed by atoms with Gasteiger partial charge in [0.25, 0.3) is 0 Å². The smallest absolute Gasteiger partial charge is 0.193 e. The molecule has 0 aromatic rings. The van der Waals surface area contributed by atoms with Gasteiger partial charge in [0, 0.05) is 32.7 Å². The molecule has 1 N–H and O–H groups in total. The Balaban J connectivity index is 1.46. The number of nitrogens with one attached hydrogen (secondary N) is 1. The maximum atomic E-state index is 4.48. The van der Waals surface area contributed by atoms with E-state index >= 15 is 0 Å². The van der Waals surface area contributed by atoms with Crippen molar-refractivity contribution in [2.45, 2.75) is 44.6 Å². The van der Waals surface area contributed by atoms with Gasteiger partial charge in [0.2, 0.25) is 0 Å². The first-order valence-corrected chi connectivity index (χ1v) is 8.06. The Morgan fingerprint density at radius 1 is 1.11 bits per heavy atom. The average Bonchev–Trinajstić information content (AvgIpc) is 3.00. The Bertz CT molecular complexity index is 318. The summed E-state index contributed by atoms with van der Waals surface area (Å²) in [6, 6.07) is 0.691. The Hall–Kier alpha value is -0.770. The molecule has 0 spiro atoms.